The molecule has 8 heteroatoms. The Morgan fingerprint density at radius 2 is 2.21 bits per heavy atom. The van der Waals surface area contributed by atoms with E-state index in [2.05, 4.69) is 19.9 Å². The highest BCUT2D eigenvalue weighted by Crippen LogP contribution is 2.23. The molecule has 0 amide bonds. The molecule has 0 aromatic carbocycles. The first-order valence-electron chi connectivity index (χ1n) is 5.89. The van der Waals surface area contributed by atoms with Crippen LogP contribution in [0.2, 0.25) is 0 Å². The molecule has 0 aliphatic rings. The van der Waals surface area contributed by atoms with E-state index in [1.54, 1.807) is 20.0 Å². The minimum absolute atomic E-state index is 0.225. The normalized spacial score (nSPS) is 13.6. The standard InChI is InChI=1S/C11H16N4O2S2/c1-4-9(11-12-5-6-18-11)15-19(16,17)10-7(2)13-14-8(10)3/h5-6,9,15H,4H2,1-3H3,(H,13,14). The molecule has 1 unspecified atom stereocenters. The van der Waals surface area contributed by atoms with Crippen LogP contribution in [0.5, 0.6) is 0 Å². The van der Waals surface area contributed by atoms with Crippen molar-refractivity contribution in [3.05, 3.63) is 28.0 Å². The monoisotopic (exact) mass is 300 g/mol. The lowest BCUT2D eigenvalue weighted by Gasteiger charge is -2.14. The molecular formula is C11H16N4O2S2. The molecule has 0 spiro atoms. The lowest BCUT2D eigenvalue weighted by molar-refractivity contribution is 0.548. The second-order valence-corrected chi connectivity index (χ2v) is 6.79. The second-order valence-electron chi connectivity index (χ2n) is 4.22. The van der Waals surface area contributed by atoms with Crippen LogP contribution in [0.15, 0.2) is 16.5 Å². The van der Waals surface area contributed by atoms with Crippen LogP contribution in [0.25, 0.3) is 0 Å². The first kappa shape index (κ1) is 14.2. The van der Waals surface area contributed by atoms with E-state index in [-0.39, 0.29) is 10.9 Å². The Bertz CT molecular complexity index is 627. The van der Waals surface area contributed by atoms with Crippen LogP contribution in [-0.4, -0.2) is 23.6 Å². The molecule has 0 bridgehead atoms. The van der Waals surface area contributed by atoms with Gasteiger partial charge in [-0.25, -0.2) is 18.1 Å². The van der Waals surface area contributed by atoms with Crippen molar-refractivity contribution in [2.45, 2.75) is 38.1 Å². The highest BCUT2D eigenvalue weighted by molar-refractivity contribution is 7.89. The largest absolute Gasteiger partial charge is 0.281 e. The number of rotatable bonds is 5. The molecule has 2 heterocycles. The van der Waals surface area contributed by atoms with Crippen molar-refractivity contribution in [1.82, 2.24) is 19.9 Å². The average Bonchev–Trinajstić information content (AvgIpc) is 2.96. The van der Waals surface area contributed by atoms with Gasteiger partial charge in [0.25, 0.3) is 0 Å². The molecular weight excluding hydrogens is 284 g/mol. The van der Waals surface area contributed by atoms with E-state index in [9.17, 15) is 8.42 Å². The minimum atomic E-state index is -3.59. The van der Waals surface area contributed by atoms with Crippen LogP contribution < -0.4 is 4.72 Å². The number of nitrogens with zero attached hydrogens (tertiary/aromatic N) is 2. The molecule has 0 fully saturated rings. The van der Waals surface area contributed by atoms with Gasteiger partial charge in [0.2, 0.25) is 10.0 Å². The summed E-state index contributed by atoms with van der Waals surface area (Å²) in [5.74, 6) is 0. The van der Waals surface area contributed by atoms with E-state index in [4.69, 9.17) is 0 Å². The number of thiazole rings is 1. The maximum Gasteiger partial charge on any atom is 0.244 e. The number of hydrogen-bond donors (Lipinski definition) is 2. The van der Waals surface area contributed by atoms with E-state index in [0.717, 1.165) is 5.01 Å². The molecule has 2 aromatic rings. The lowest BCUT2D eigenvalue weighted by atomic mass is 10.3. The Morgan fingerprint density at radius 3 is 2.68 bits per heavy atom. The molecule has 0 saturated heterocycles. The van der Waals surface area contributed by atoms with Gasteiger partial charge >= 0.3 is 0 Å². The number of H-pyrrole nitrogens is 1. The fourth-order valence-corrected chi connectivity index (χ4v) is 4.40. The molecule has 2 N–H and O–H groups in total. The molecule has 0 radical (unpaired) electrons. The number of hydrogen-bond acceptors (Lipinski definition) is 5. The van der Waals surface area contributed by atoms with Gasteiger partial charge in [-0.3, -0.25) is 5.10 Å². The topological polar surface area (TPSA) is 87.7 Å². The fraction of sp³-hybridized carbons (Fsp3) is 0.455. The Labute approximate surface area is 116 Å². The molecule has 1 atom stereocenters. The van der Waals surface area contributed by atoms with Crippen molar-refractivity contribution in [2.75, 3.05) is 0 Å². The molecule has 0 aliphatic carbocycles. The molecule has 19 heavy (non-hydrogen) atoms. The number of aromatic nitrogens is 3. The first-order valence-corrected chi connectivity index (χ1v) is 8.25. The molecule has 0 aliphatic heterocycles. The summed E-state index contributed by atoms with van der Waals surface area (Å²) in [6, 6.07) is -0.307. The Balaban J connectivity index is 2.31. The van der Waals surface area contributed by atoms with Crippen LogP contribution in [0.4, 0.5) is 0 Å². The van der Waals surface area contributed by atoms with Gasteiger partial charge in [-0.05, 0) is 20.3 Å². The van der Waals surface area contributed by atoms with Gasteiger partial charge in [0.05, 0.1) is 17.4 Å². The summed E-state index contributed by atoms with van der Waals surface area (Å²) in [5.41, 5.74) is 1.01. The van der Waals surface area contributed by atoms with Gasteiger partial charge in [0.15, 0.2) is 0 Å². The molecule has 6 nitrogen and oxygen atoms in total. The quantitative estimate of drug-likeness (QED) is 0.883. The summed E-state index contributed by atoms with van der Waals surface area (Å²) in [4.78, 5) is 4.39. The third kappa shape index (κ3) is 2.85. The molecule has 0 saturated carbocycles. The highest BCUT2D eigenvalue weighted by atomic mass is 32.2. The zero-order valence-corrected chi connectivity index (χ0v) is 12.6. The van der Waals surface area contributed by atoms with Gasteiger partial charge in [0.1, 0.15) is 9.90 Å². The Morgan fingerprint density at radius 1 is 1.47 bits per heavy atom. The summed E-state index contributed by atoms with van der Waals surface area (Å²) in [6.07, 6.45) is 2.31. The number of aromatic amines is 1. The zero-order valence-electron chi connectivity index (χ0n) is 11.0. The van der Waals surface area contributed by atoms with Crippen LogP contribution in [-0.2, 0) is 10.0 Å². The summed E-state index contributed by atoms with van der Waals surface area (Å²) >= 11 is 1.44. The average molecular weight is 300 g/mol. The molecule has 104 valence electrons. The second kappa shape index (κ2) is 5.40. The van der Waals surface area contributed by atoms with Crippen molar-refractivity contribution in [1.29, 1.82) is 0 Å². The lowest BCUT2D eigenvalue weighted by Crippen LogP contribution is -2.29. The highest BCUT2D eigenvalue weighted by Gasteiger charge is 2.26. The Kier molecular flexibility index (Phi) is 4.02. The van der Waals surface area contributed by atoms with Crippen molar-refractivity contribution in [2.24, 2.45) is 0 Å². The van der Waals surface area contributed by atoms with Crippen molar-refractivity contribution in [3.8, 4) is 0 Å². The van der Waals surface area contributed by atoms with Gasteiger partial charge in [0, 0.05) is 11.6 Å². The fourth-order valence-electron chi connectivity index (χ4n) is 1.90. The smallest absolute Gasteiger partial charge is 0.244 e. The summed E-state index contributed by atoms with van der Waals surface area (Å²) in [6.45, 7) is 5.28. The summed E-state index contributed by atoms with van der Waals surface area (Å²) in [5, 5.41) is 9.21. The van der Waals surface area contributed by atoms with Gasteiger partial charge in [-0.15, -0.1) is 11.3 Å². The van der Waals surface area contributed by atoms with Crippen molar-refractivity contribution in [3.63, 3.8) is 0 Å². The van der Waals surface area contributed by atoms with E-state index in [1.165, 1.54) is 11.3 Å². The summed E-state index contributed by atoms with van der Waals surface area (Å²) < 4.78 is 27.5. The number of sulfonamides is 1. The maximum atomic E-state index is 12.4. The minimum Gasteiger partial charge on any atom is -0.281 e. The van der Waals surface area contributed by atoms with Crippen LogP contribution in [0.3, 0.4) is 0 Å². The molecule has 2 aromatic heterocycles. The predicted molar refractivity (Wildman–Crippen MR) is 73.5 cm³/mol. The van der Waals surface area contributed by atoms with Crippen LogP contribution >= 0.6 is 11.3 Å². The van der Waals surface area contributed by atoms with Gasteiger partial charge in [-0.1, -0.05) is 6.92 Å². The first-order chi connectivity index (χ1) is 8.95. The van der Waals surface area contributed by atoms with E-state index >= 15 is 0 Å². The number of aryl methyl sites for hydroxylation is 2. The Hall–Kier alpha value is -1.25. The SMILES string of the molecule is CCC(NS(=O)(=O)c1c(C)n[nH]c1C)c1nccs1. The van der Waals surface area contributed by atoms with Crippen molar-refractivity contribution < 1.29 is 8.42 Å². The third-order valence-corrected chi connectivity index (χ3v) is 5.41. The third-order valence-electron chi connectivity index (χ3n) is 2.78. The maximum absolute atomic E-state index is 12.4. The van der Waals surface area contributed by atoms with E-state index in [1.807, 2.05) is 12.3 Å². The van der Waals surface area contributed by atoms with Gasteiger partial charge in [-0.2, -0.15) is 5.10 Å². The van der Waals surface area contributed by atoms with Gasteiger partial charge < -0.3 is 0 Å². The van der Waals surface area contributed by atoms with E-state index < -0.39 is 10.0 Å². The zero-order chi connectivity index (χ0) is 14.0. The summed E-state index contributed by atoms with van der Waals surface area (Å²) in [7, 11) is -3.59. The number of nitrogens with one attached hydrogen (secondary N) is 2. The van der Waals surface area contributed by atoms with Crippen molar-refractivity contribution >= 4 is 21.4 Å². The van der Waals surface area contributed by atoms with E-state index in [0.29, 0.717) is 17.8 Å². The molecule has 2 rings (SSSR count). The van der Waals surface area contributed by atoms with Crippen LogP contribution in [0, 0.1) is 13.8 Å². The predicted octanol–water partition coefficient (Wildman–Crippen LogP) is 1.91. The van der Waals surface area contributed by atoms with Crippen LogP contribution in [0.1, 0.15) is 35.8 Å².